The number of aromatic nitrogens is 4. The number of aryl methyl sites for hydroxylation is 1. The molecule has 1 aliphatic heterocycles. The minimum absolute atomic E-state index is 0.201. The van der Waals surface area contributed by atoms with Gasteiger partial charge in [0, 0.05) is 36.1 Å². The molecule has 4 heterocycles. The number of amides is 1. The summed E-state index contributed by atoms with van der Waals surface area (Å²) in [4.78, 5) is 19.1. The minimum atomic E-state index is -4.53. The number of piperidine rings is 1. The van der Waals surface area contributed by atoms with Gasteiger partial charge in [0.2, 0.25) is 5.91 Å². The van der Waals surface area contributed by atoms with Crippen molar-refractivity contribution >= 4 is 22.8 Å². The van der Waals surface area contributed by atoms with Crippen LogP contribution in [0.1, 0.15) is 53.7 Å². The van der Waals surface area contributed by atoms with Crippen LogP contribution in [0.15, 0.2) is 40.3 Å². The van der Waals surface area contributed by atoms with Crippen LogP contribution in [0, 0.1) is 6.92 Å². The zero-order chi connectivity index (χ0) is 24.6. The quantitative estimate of drug-likeness (QED) is 0.462. The molecule has 2 aliphatic rings. The molecule has 7 nitrogen and oxygen atoms in total. The van der Waals surface area contributed by atoms with E-state index in [0.29, 0.717) is 24.5 Å². The first-order valence-corrected chi connectivity index (χ1v) is 12.3. The van der Waals surface area contributed by atoms with Crippen molar-refractivity contribution in [3.05, 3.63) is 57.8 Å². The van der Waals surface area contributed by atoms with E-state index in [0.717, 1.165) is 58.4 Å². The standard InChI is InChI=1S/C24H24F3N5O2S/c1-15-11-21(24(25,26)27)29-32(15)13-22(33)31-9-7-17(8-10-31)23-28-19(14-35-23)20-12-18(30-34-20)16-5-3-2-4-6-16/h3,5-6,11-12,14,17H,2,4,7-10,13H2,1H3. The third-order valence-corrected chi connectivity index (χ3v) is 7.34. The van der Waals surface area contributed by atoms with Crippen LogP contribution in [0.3, 0.4) is 0 Å². The topological polar surface area (TPSA) is 77.1 Å². The Hall–Kier alpha value is -3.21. The second-order valence-corrected chi connectivity index (χ2v) is 9.66. The van der Waals surface area contributed by atoms with Crippen LogP contribution < -0.4 is 0 Å². The average Bonchev–Trinajstić information content (AvgIpc) is 3.60. The summed E-state index contributed by atoms with van der Waals surface area (Å²) in [6.45, 7) is 2.37. The fourth-order valence-corrected chi connectivity index (χ4v) is 5.32. The number of nitrogens with zero attached hydrogens (tertiary/aromatic N) is 5. The smallest absolute Gasteiger partial charge is 0.354 e. The van der Waals surface area contributed by atoms with Gasteiger partial charge in [-0.2, -0.15) is 18.3 Å². The Balaban J connectivity index is 1.18. The minimum Gasteiger partial charge on any atom is -0.354 e. The number of thiazole rings is 1. The lowest BCUT2D eigenvalue weighted by Crippen LogP contribution is -2.40. The molecule has 0 radical (unpaired) electrons. The summed E-state index contributed by atoms with van der Waals surface area (Å²) in [7, 11) is 0. The van der Waals surface area contributed by atoms with Gasteiger partial charge in [-0.05, 0) is 44.2 Å². The van der Waals surface area contributed by atoms with Crippen LogP contribution in [0.5, 0.6) is 0 Å². The predicted molar refractivity (Wildman–Crippen MR) is 124 cm³/mol. The zero-order valence-corrected chi connectivity index (χ0v) is 19.9. The molecule has 0 saturated carbocycles. The maximum Gasteiger partial charge on any atom is 0.435 e. The number of hydrogen-bond donors (Lipinski definition) is 0. The molecule has 0 spiro atoms. The van der Waals surface area contributed by atoms with E-state index in [4.69, 9.17) is 9.51 Å². The third-order valence-electron chi connectivity index (χ3n) is 6.33. The van der Waals surface area contributed by atoms with Crippen molar-refractivity contribution in [1.29, 1.82) is 0 Å². The molecule has 3 aromatic heterocycles. The highest BCUT2D eigenvalue weighted by atomic mass is 32.1. The lowest BCUT2D eigenvalue weighted by atomic mass is 9.97. The first kappa shape index (κ1) is 23.5. The SMILES string of the molecule is Cc1cc(C(F)(F)F)nn1CC(=O)N1CCC(c2nc(-c3cc(C4=CCCC=C4)no3)cs2)CC1. The fourth-order valence-electron chi connectivity index (χ4n) is 4.34. The number of carbonyl (C=O) groups excluding carboxylic acids is 1. The molecule has 0 aromatic carbocycles. The zero-order valence-electron chi connectivity index (χ0n) is 19.1. The molecule has 1 amide bonds. The molecule has 0 N–H and O–H groups in total. The molecular formula is C24H24F3N5O2S. The summed E-state index contributed by atoms with van der Waals surface area (Å²) >= 11 is 1.56. The molecule has 35 heavy (non-hydrogen) atoms. The second kappa shape index (κ2) is 9.44. The summed E-state index contributed by atoms with van der Waals surface area (Å²) in [5.74, 6) is 0.610. The van der Waals surface area contributed by atoms with E-state index in [-0.39, 0.29) is 18.4 Å². The molecule has 0 atom stereocenters. The Morgan fingerprint density at radius 1 is 1.20 bits per heavy atom. The Labute approximate surface area is 203 Å². The van der Waals surface area contributed by atoms with Crippen LogP contribution in [-0.4, -0.2) is 43.8 Å². The highest BCUT2D eigenvalue weighted by molar-refractivity contribution is 7.10. The maximum atomic E-state index is 12.9. The van der Waals surface area contributed by atoms with E-state index in [9.17, 15) is 18.0 Å². The predicted octanol–water partition coefficient (Wildman–Crippen LogP) is 5.46. The van der Waals surface area contributed by atoms with Crippen molar-refractivity contribution in [2.75, 3.05) is 13.1 Å². The second-order valence-electron chi connectivity index (χ2n) is 8.77. The molecule has 3 aromatic rings. The number of halogens is 3. The maximum absolute atomic E-state index is 12.9. The van der Waals surface area contributed by atoms with E-state index in [1.165, 1.54) is 6.92 Å². The summed E-state index contributed by atoms with van der Waals surface area (Å²) < 4.78 is 45.3. The number of allylic oxidation sites excluding steroid dienone is 4. The van der Waals surface area contributed by atoms with Crippen molar-refractivity contribution in [3.63, 3.8) is 0 Å². The summed E-state index contributed by atoms with van der Waals surface area (Å²) in [6.07, 6.45) is 5.30. The van der Waals surface area contributed by atoms with Gasteiger partial charge in [0.25, 0.3) is 0 Å². The highest BCUT2D eigenvalue weighted by Gasteiger charge is 2.35. The lowest BCUT2D eigenvalue weighted by molar-refractivity contribution is -0.142. The van der Waals surface area contributed by atoms with E-state index in [2.05, 4.69) is 28.5 Å². The van der Waals surface area contributed by atoms with E-state index in [1.54, 1.807) is 16.2 Å². The van der Waals surface area contributed by atoms with E-state index >= 15 is 0 Å². The van der Waals surface area contributed by atoms with Crippen molar-refractivity contribution < 1.29 is 22.5 Å². The summed E-state index contributed by atoms with van der Waals surface area (Å²) in [5.41, 5.74) is 1.93. The first-order valence-electron chi connectivity index (χ1n) is 11.5. The number of hydrogen-bond acceptors (Lipinski definition) is 6. The Morgan fingerprint density at radius 3 is 2.69 bits per heavy atom. The van der Waals surface area contributed by atoms with Gasteiger partial charge in [0.05, 0.1) is 5.01 Å². The van der Waals surface area contributed by atoms with Crippen LogP contribution in [0.2, 0.25) is 0 Å². The van der Waals surface area contributed by atoms with Gasteiger partial charge in [0.1, 0.15) is 17.9 Å². The van der Waals surface area contributed by atoms with Gasteiger partial charge in [0.15, 0.2) is 11.5 Å². The van der Waals surface area contributed by atoms with Crippen LogP contribution in [0.25, 0.3) is 17.0 Å². The van der Waals surface area contributed by atoms with Crippen molar-refractivity contribution in [2.45, 2.75) is 51.2 Å². The van der Waals surface area contributed by atoms with Crippen LogP contribution in [-0.2, 0) is 17.5 Å². The molecule has 1 aliphatic carbocycles. The molecule has 1 saturated heterocycles. The molecule has 5 rings (SSSR count). The van der Waals surface area contributed by atoms with Crippen LogP contribution >= 0.6 is 11.3 Å². The molecular weight excluding hydrogens is 479 g/mol. The Bertz CT molecular complexity index is 1280. The van der Waals surface area contributed by atoms with Crippen molar-refractivity contribution in [3.8, 4) is 11.5 Å². The van der Waals surface area contributed by atoms with Crippen molar-refractivity contribution in [1.82, 2.24) is 24.8 Å². The lowest BCUT2D eigenvalue weighted by Gasteiger charge is -2.31. The number of alkyl halides is 3. The first-order chi connectivity index (χ1) is 16.8. The number of likely N-dealkylation sites (tertiary alicyclic amines) is 1. The average molecular weight is 504 g/mol. The summed E-state index contributed by atoms with van der Waals surface area (Å²) in [5, 5.41) is 10.7. The molecule has 11 heteroatoms. The van der Waals surface area contributed by atoms with Gasteiger partial charge in [-0.25, -0.2) is 4.98 Å². The molecule has 1 fully saturated rings. The third kappa shape index (κ3) is 5.09. The Kier molecular flexibility index (Phi) is 6.35. The Morgan fingerprint density at radius 2 is 2.00 bits per heavy atom. The molecule has 0 unspecified atom stereocenters. The van der Waals surface area contributed by atoms with E-state index in [1.807, 2.05) is 11.4 Å². The monoisotopic (exact) mass is 503 g/mol. The van der Waals surface area contributed by atoms with Gasteiger partial charge in [-0.1, -0.05) is 23.4 Å². The molecule has 184 valence electrons. The van der Waals surface area contributed by atoms with E-state index < -0.39 is 11.9 Å². The largest absolute Gasteiger partial charge is 0.435 e. The number of rotatable bonds is 5. The van der Waals surface area contributed by atoms with Gasteiger partial charge < -0.3 is 9.42 Å². The van der Waals surface area contributed by atoms with Crippen LogP contribution in [0.4, 0.5) is 13.2 Å². The summed E-state index contributed by atoms with van der Waals surface area (Å²) in [6, 6.07) is 2.86. The fraction of sp³-hybridized carbons (Fsp3) is 0.417. The number of carbonyl (C=O) groups is 1. The normalized spacial score (nSPS) is 17.1. The van der Waals surface area contributed by atoms with Crippen molar-refractivity contribution in [2.24, 2.45) is 0 Å². The van der Waals surface area contributed by atoms with Gasteiger partial charge in [-0.3, -0.25) is 9.48 Å². The van der Waals surface area contributed by atoms with Gasteiger partial charge >= 0.3 is 6.18 Å². The van der Waals surface area contributed by atoms with Gasteiger partial charge in [-0.15, -0.1) is 11.3 Å². The highest BCUT2D eigenvalue weighted by Crippen LogP contribution is 2.34. The molecule has 0 bridgehead atoms.